The molecule has 1 fully saturated rings. The monoisotopic (exact) mass is 286 g/mol. The summed E-state index contributed by atoms with van der Waals surface area (Å²) in [6.07, 6.45) is 2.55. The Labute approximate surface area is 127 Å². The molecule has 3 rings (SSSR count). The number of rotatable bonds is 3. The predicted molar refractivity (Wildman–Crippen MR) is 87.3 cm³/mol. The summed E-state index contributed by atoms with van der Waals surface area (Å²) in [5.41, 5.74) is 8.79. The molecule has 0 saturated carbocycles. The topological polar surface area (TPSA) is 42.4 Å². The Balaban J connectivity index is 2.00. The zero-order chi connectivity index (χ0) is 15.0. The van der Waals surface area contributed by atoms with Crippen molar-refractivity contribution >= 4 is 11.0 Å². The molecular formula is C18H26N2O. The molecule has 3 heteroatoms. The minimum Gasteiger partial charge on any atom is -0.461 e. The summed E-state index contributed by atoms with van der Waals surface area (Å²) in [4.78, 5) is 2.55. The van der Waals surface area contributed by atoms with E-state index in [1.165, 1.54) is 23.8 Å². The van der Waals surface area contributed by atoms with Crippen LogP contribution in [0.1, 0.15) is 44.1 Å². The van der Waals surface area contributed by atoms with Crippen LogP contribution in [0.25, 0.3) is 11.0 Å². The number of furan rings is 1. The van der Waals surface area contributed by atoms with Crippen LogP contribution in [0.4, 0.5) is 0 Å². The van der Waals surface area contributed by atoms with Crippen LogP contribution >= 0.6 is 0 Å². The fourth-order valence-electron chi connectivity index (χ4n) is 3.79. The van der Waals surface area contributed by atoms with E-state index in [1.807, 2.05) is 12.1 Å². The van der Waals surface area contributed by atoms with E-state index < -0.39 is 0 Å². The van der Waals surface area contributed by atoms with Crippen molar-refractivity contribution in [3.05, 3.63) is 35.6 Å². The number of hydrogen-bond donors (Lipinski definition) is 1. The highest BCUT2D eigenvalue weighted by Gasteiger charge is 2.32. The van der Waals surface area contributed by atoms with Crippen molar-refractivity contribution in [3.63, 3.8) is 0 Å². The summed E-state index contributed by atoms with van der Waals surface area (Å²) >= 11 is 0. The van der Waals surface area contributed by atoms with Gasteiger partial charge in [-0.15, -0.1) is 0 Å². The molecule has 1 aromatic heterocycles. The first-order valence-electron chi connectivity index (χ1n) is 7.94. The van der Waals surface area contributed by atoms with Gasteiger partial charge in [0, 0.05) is 24.0 Å². The van der Waals surface area contributed by atoms with Gasteiger partial charge < -0.3 is 10.2 Å². The van der Waals surface area contributed by atoms with E-state index in [0.29, 0.717) is 12.0 Å². The van der Waals surface area contributed by atoms with Crippen molar-refractivity contribution in [2.75, 3.05) is 19.6 Å². The molecule has 21 heavy (non-hydrogen) atoms. The maximum absolute atomic E-state index is 6.16. The minimum atomic E-state index is 0.258. The molecule has 2 aromatic rings. The van der Waals surface area contributed by atoms with E-state index in [9.17, 15) is 0 Å². The third kappa shape index (κ3) is 2.72. The second kappa shape index (κ2) is 5.47. The molecule has 0 amide bonds. The third-order valence-electron chi connectivity index (χ3n) is 4.75. The second-order valence-electron chi connectivity index (χ2n) is 7.06. The Kier molecular flexibility index (Phi) is 3.80. The molecule has 0 spiro atoms. The van der Waals surface area contributed by atoms with Crippen molar-refractivity contribution in [2.45, 2.75) is 39.7 Å². The van der Waals surface area contributed by atoms with Gasteiger partial charge in [0.15, 0.2) is 0 Å². The fraction of sp³-hybridized carbons (Fsp3) is 0.556. The Hall–Kier alpha value is -1.32. The van der Waals surface area contributed by atoms with Gasteiger partial charge >= 0.3 is 0 Å². The maximum atomic E-state index is 6.16. The molecule has 0 bridgehead atoms. The van der Waals surface area contributed by atoms with Crippen LogP contribution in [0.5, 0.6) is 0 Å². The molecule has 1 unspecified atom stereocenters. The number of benzene rings is 1. The van der Waals surface area contributed by atoms with E-state index in [0.717, 1.165) is 24.4 Å². The molecule has 2 heterocycles. The molecule has 0 aliphatic carbocycles. The van der Waals surface area contributed by atoms with Crippen molar-refractivity contribution in [2.24, 2.45) is 11.1 Å². The molecular weight excluding hydrogens is 260 g/mol. The number of piperidine rings is 1. The van der Waals surface area contributed by atoms with E-state index in [1.54, 1.807) is 0 Å². The Morgan fingerprint density at radius 2 is 2.10 bits per heavy atom. The first-order valence-corrected chi connectivity index (χ1v) is 7.94. The van der Waals surface area contributed by atoms with Crippen molar-refractivity contribution in [1.29, 1.82) is 0 Å². The predicted octanol–water partition coefficient (Wildman–Crippen LogP) is 3.86. The van der Waals surface area contributed by atoms with E-state index in [4.69, 9.17) is 10.2 Å². The number of hydrogen-bond acceptors (Lipinski definition) is 3. The third-order valence-corrected chi connectivity index (χ3v) is 4.75. The standard InChI is InChI=1S/C18H26N2O/c1-13-17(14-7-4-5-8-16(14)21-13)15(11-19)20-10-6-9-18(2,3)12-20/h4-5,7-8,15H,6,9-12,19H2,1-3H3. The number of aryl methyl sites for hydroxylation is 1. The van der Waals surface area contributed by atoms with Gasteiger partial charge in [0.2, 0.25) is 0 Å². The number of fused-ring (bicyclic) bond motifs is 1. The van der Waals surface area contributed by atoms with Gasteiger partial charge in [0.1, 0.15) is 11.3 Å². The van der Waals surface area contributed by atoms with Crippen LogP contribution in [0.2, 0.25) is 0 Å². The van der Waals surface area contributed by atoms with E-state index in [2.05, 4.69) is 37.8 Å². The Morgan fingerprint density at radius 3 is 2.81 bits per heavy atom. The van der Waals surface area contributed by atoms with Gasteiger partial charge in [-0.25, -0.2) is 0 Å². The average Bonchev–Trinajstić information content (AvgIpc) is 2.76. The summed E-state index contributed by atoms with van der Waals surface area (Å²) in [7, 11) is 0. The van der Waals surface area contributed by atoms with Gasteiger partial charge in [0.25, 0.3) is 0 Å². The van der Waals surface area contributed by atoms with Crippen LogP contribution in [-0.2, 0) is 0 Å². The number of para-hydroxylation sites is 1. The lowest BCUT2D eigenvalue weighted by molar-refractivity contribution is 0.0805. The summed E-state index contributed by atoms with van der Waals surface area (Å²) in [6, 6.07) is 8.55. The lowest BCUT2D eigenvalue weighted by Crippen LogP contribution is -2.44. The van der Waals surface area contributed by atoms with E-state index in [-0.39, 0.29) is 6.04 Å². The fourth-order valence-corrected chi connectivity index (χ4v) is 3.79. The van der Waals surface area contributed by atoms with Crippen molar-refractivity contribution < 1.29 is 4.42 Å². The normalized spacial score (nSPS) is 20.8. The molecule has 1 aliphatic rings. The highest BCUT2D eigenvalue weighted by Crippen LogP contribution is 2.37. The van der Waals surface area contributed by atoms with Gasteiger partial charge in [0.05, 0.1) is 6.04 Å². The Bertz CT molecular complexity index is 629. The van der Waals surface area contributed by atoms with Crippen LogP contribution in [-0.4, -0.2) is 24.5 Å². The zero-order valence-electron chi connectivity index (χ0n) is 13.4. The van der Waals surface area contributed by atoms with Crippen molar-refractivity contribution in [3.8, 4) is 0 Å². The van der Waals surface area contributed by atoms with Gasteiger partial charge in [-0.05, 0) is 37.8 Å². The molecule has 3 nitrogen and oxygen atoms in total. The van der Waals surface area contributed by atoms with Gasteiger partial charge in [-0.3, -0.25) is 4.90 Å². The number of nitrogens with two attached hydrogens (primary N) is 1. The quantitative estimate of drug-likeness (QED) is 0.931. The van der Waals surface area contributed by atoms with Crippen LogP contribution in [0.3, 0.4) is 0 Å². The van der Waals surface area contributed by atoms with Crippen LogP contribution in [0, 0.1) is 12.3 Å². The number of likely N-dealkylation sites (tertiary alicyclic amines) is 1. The number of nitrogens with zero attached hydrogens (tertiary/aromatic N) is 1. The minimum absolute atomic E-state index is 0.258. The molecule has 1 aliphatic heterocycles. The first kappa shape index (κ1) is 14.6. The molecule has 114 valence electrons. The molecule has 2 N–H and O–H groups in total. The first-order chi connectivity index (χ1) is 10.0. The summed E-state index contributed by atoms with van der Waals surface area (Å²) in [5, 5.41) is 1.22. The van der Waals surface area contributed by atoms with Crippen molar-refractivity contribution in [1.82, 2.24) is 4.90 Å². The average molecular weight is 286 g/mol. The molecule has 1 aromatic carbocycles. The summed E-state index contributed by atoms with van der Waals surface area (Å²) < 4.78 is 5.94. The van der Waals surface area contributed by atoms with E-state index >= 15 is 0 Å². The summed E-state index contributed by atoms with van der Waals surface area (Å²) in [6.45, 7) is 9.64. The highest BCUT2D eigenvalue weighted by atomic mass is 16.3. The summed E-state index contributed by atoms with van der Waals surface area (Å²) in [5.74, 6) is 1.01. The van der Waals surface area contributed by atoms with Crippen LogP contribution < -0.4 is 5.73 Å². The smallest absolute Gasteiger partial charge is 0.134 e. The maximum Gasteiger partial charge on any atom is 0.134 e. The lowest BCUT2D eigenvalue weighted by atomic mass is 9.83. The highest BCUT2D eigenvalue weighted by molar-refractivity contribution is 5.82. The lowest BCUT2D eigenvalue weighted by Gasteiger charge is -2.42. The SMILES string of the molecule is Cc1oc2ccccc2c1C(CN)N1CCCC(C)(C)C1. The molecule has 0 radical (unpaired) electrons. The molecule has 1 atom stereocenters. The zero-order valence-corrected chi connectivity index (χ0v) is 13.4. The molecule has 1 saturated heterocycles. The van der Waals surface area contributed by atoms with Gasteiger partial charge in [-0.1, -0.05) is 32.0 Å². The Morgan fingerprint density at radius 1 is 1.33 bits per heavy atom. The van der Waals surface area contributed by atoms with Crippen LogP contribution in [0.15, 0.2) is 28.7 Å². The second-order valence-corrected chi connectivity index (χ2v) is 7.06. The largest absolute Gasteiger partial charge is 0.461 e. The van der Waals surface area contributed by atoms with Gasteiger partial charge in [-0.2, -0.15) is 0 Å².